The average Bonchev–Trinajstić information content (AvgIpc) is 2.19. The summed E-state index contributed by atoms with van der Waals surface area (Å²) in [5.74, 6) is 0. The lowest BCUT2D eigenvalue weighted by molar-refractivity contribution is -0.121. The summed E-state index contributed by atoms with van der Waals surface area (Å²) in [6, 6.07) is 0.457. The Hall–Kier alpha value is -0.120. The van der Waals surface area contributed by atoms with Gasteiger partial charge in [0.15, 0.2) is 0 Å². The highest BCUT2D eigenvalue weighted by molar-refractivity contribution is 4.84. The van der Waals surface area contributed by atoms with Crippen LogP contribution in [0.15, 0.2) is 0 Å². The van der Waals surface area contributed by atoms with Gasteiger partial charge in [0.25, 0.3) is 0 Å². The monoisotopic (exact) mass is 187 g/mol. The molecule has 1 unspecified atom stereocenters. The van der Waals surface area contributed by atoms with Gasteiger partial charge in [-0.15, -0.1) is 0 Å². The molecular formula is C10H21NO2. The van der Waals surface area contributed by atoms with E-state index < -0.39 is 0 Å². The Bertz CT molecular complexity index is 144. The molecule has 0 aromatic heterocycles. The minimum atomic E-state index is -0.0958. The van der Waals surface area contributed by atoms with E-state index in [2.05, 4.69) is 19.2 Å². The average molecular weight is 187 g/mol. The van der Waals surface area contributed by atoms with Crippen LogP contribution in [0.5, 0.6) is 0 Å². The van der Waals surface area contributed by atoms with E-state index in [-0.39, 0.29) is 5.72 Å². The minimum absolute atomic E-state index is 0.0958. The van der Waals surface area contributed by atoms with Gasteiger partial charge in [0, 0.05) is 13.2 Å². The van der Waals surface area contributed by atoms with Crippen molar-refractivity contribution < 1.29 is 9.47 Å². The van der Waals surface area contributed by atoms with Crippen molar-refractivity contribution in [3.8, 4) is 0 Å². The highest BCUT2D eigenvalue weighted by Crippen LogP contribution is 2.22. The number of hydrogen-bond acceptors (Lipinski definition) is 3. The molecule has 1 rings (SSSR count). The van der Waals surface area contributed by atoms with E-state index in [0.29, 0.717) is 6.04 Å². The zero-order chi connectivity index (χ0) is 9.73. The van der Waals surface area contributed by atoms with Gasteiger partial charge in [0.1, 0.15) is 5.72 Å². The molecule has 0 bridgehead atoms. The topological polar surface area (TPSA) is 30.5 Å². The second kappa shape index (κ2) is 4.94. The number of ether oxygens (including phenoxy) is 2. The van der Waals surface area contributed by atoms with Gasteiger partial charge in [-0.25, -0.2) is 0 Å². The molecule has 1 saturated heterocycles. The molecule has 0 aliphatic carbocycles. The molecule has 0 aromatic carbocycles. The van der Waals surface area contributed by atoms with Crippen LogP contribution in [0.2, 0.25) is 0 Å². The first-order valence-corrected chi connectivity index (χ1v) is 5.17. The lowest BCUT2D eigenvalue weighted by atomic mass is 10.0. The lowest BCUT2D eigenvalue weighted by Crippen LogP contribution is -2.57. The highest BCUT2D eigenvalue weighted by Gasteiger charge is 2.33. The van der Waals surface area contributed by atoms with Crippen molar-refractivity contribution >= 4 is 0 Å². The Labute approximate surface area is 80.8 Å². The van der Waals surface area contributed by atoms with Crippen LogP contribution in [0.1, 0.15) is 33.1 Å². The zero-order valence-electron chi connectivity index (χ0n) is 8.93. The lowest BCUT2D eigenvalue weighted by Gasteiger charge is -2.41. The van der Waals surface area contributed by atoms with Crippen LogP contribution in [-0.4, -0.2) is 32.1 Å². The first-order chi connectivity index (χ1) is 6.26. The highest BCUT2D eigenvalue weighted by atomic mass is 16.5. The van der Waals surface area contributed by atoms with Gasteiger partial charge in [-0.2, -0.15) is 0 Å². The first-order valence-electron chi connectivity index (χ1n) is 5.17. The summed E-state index contributed by atoms with van der Waals surface area (Å²) in [7, 11) is 1.75. The summed E-state index contributed by atoms with van der Waals surface area (Å²) >= 11 is 0. The molecular weight excluding hydrogens is 166 g/mol. The molecule has 1 heterocycles. The van der Waals surface area contributed by atoms with Crippen LogP contribution in [0.4, 0.5) is 0 Å². The van der Waals surface area contributed by atoms with E-state index in [1.165, 1.54) is 0 Å². The summed E-state index contributed by atoms with van der Waals surface area (Å²) in [5, 5.41) is 3.52. The van der Waals surface area contributed by atoms with E-state index in [0.717, 1.165) is 32.5 Å². The minimum Gasteiger partial charge on any atom is -0.383 e. The van der Waals surface area contributed by atoms with E-state index in [1.54, 1.807) is 7.11 Å². The van der Waals surface area contributed by atoms with Crippen molar-refractivity contribution in [2.75, 3.05) is 20.3 Å². The van der Waals surface area contributed by atoms with Crippen LogP contribution in [-0.2, 0) is 9.47 Å². The SMILES string of the molecule is CCC1(CC)NC(COC)CCO1. The van der Waals surface area contributed by atoms with Crippen LogP contribution < -0.4 is 5.32 Å². The molecule has 1 fully saturated rings. The number of hydrogen-bond donors (Lipinski definition) is 1. The molecule has 3 nitrogen and oxygen atoms in total. The standard InChI is InChI=1S/C10H21NO2/c1-4-10(5-2)11-9(8-12-3)6-7-13-10/h9,11H,4-8H2,1-3H3. The molecule has 0 spiro atoms. The van der Waals surface area contributed by atoms with Crippen molar-refractivity contribution in [2.24, 2.45) is 0 Å². The predicted molar refractivity (Wildman–Crippen MR) is 52.7 cm³/mol. The van der Waals surface area contributed by atoms with Gasteiger partial charge in [-0.1, -0.05) is 13.8 Å². The fourth-order valence-corrected chi connectivity index (χ4v) is 1.87. The van der Waals surface area contributed by atoms with E-state index in [9.17, 15) is 0 Å². The summed E-state index contributed by atoms with van der Waals surface area (Å²) in [6.45, 7) is 5.95. The fourth-order valence-electron chi connectivity index (χ4n) is 1.87. The quantitative estimate of drug-likeness (QED) is 0.724. The summed E-state index contributed by atoms with van der Waals surface area (Å²) < 4.78 is 10.9. The maximum absolute atomic E-state index is 5.77. The van der Waals surface area contributed by atoms with Gasteiger partial charge >= 0.3 is 0 Å². The number of methoxy groups -OCH3 is 1. The molecule has 3 heteroatoms. The number of nitrogens with one attached hydrogen (secondary N) is 1. The van der Waals surface area contributed by atoms with Crippen LogP contribution >= 0.6 is 0 Å². The van der Waals surface area contributed by atoms with Crippen LogP contribution in [0, 0.1) is 0 Å². The molecule has 78 valence electrons. The van der Waals surface area contributed by atoms with Crippen molar-refractivity contribution in [3.63, 3.8) is 0 Å². The Morgan fingerprint density at radius 1 is 1.46 bits per heavy atom. The van der Waals surface area contributed by atoms with Crippen LogP contribution in [0.25, 0.3) is 0 Å². The second-order valence-electron chi connectivity index (χ2n) is 3.64. The van der Waals surface area contributed by atoms with Crippen LogP contribution in [0.3, 0.4) is 0 Å². The molecule has 13 heavy (non-hydrogen) atoms. The second-order valence-corrected chi connectivity index (χ2v) is 3.64. The van der Waals surface area contributed by atoms with Gasteiger partial charge < -0.3 is 9.47 Å². The maximum Gasteiger partial charge on any atom is 0.118 e. The van der Waals surface area contributed by atoms with E-state index in [1.807, 2.05) is 0 Å². The Morgan fingerprint density at radius 3 is 2.69 bits per heavy atom. The van der Waals surface area contributed by atoms with Crippen molar-refractivity contribution in [2.45, 2.75) is 44.9 Å². The summed E-state index contributed by atoms with van der Waals surface area (Å²) in [6.07, 6.45) is 3.09. The third-order valence-electron chi connectivity index (χ3n) is 2.82. The molecule has 0 radical (unpaired) electrons. The number of rotatable bonds is 4. The molecule has 0 amide bonds. The van der Waals surface area contributed by atoms with Gasteiger partial charge in [-0.05, 0) is 19.3 Å². The summed E-state index contributed by atoms with van der Waals surface area (Å²) in [4.78, 5) is 0. The third kappa shape index (κ3) is 2.66. The predicted octanol–water partition coefficient (Wildman–Crippen LogP) is 1.53. The van der Waals surface area contributed by atoms with Gasteiger partial charge in [-0.3, -0.25) is 5.32 Å². The Morgan fingerprint density at radius 2 is 2.15 bits per heavy atom. The first kappa shape index (κ1) is 11.0. The molecule has 0 saturated carbocycles. The smallest absolute Gasteiger partial charge is 0.118 e. The molecule has 1 N–H and O–H groups in total. The molecule has 1 aliphatic rings. The zero-order valence-corrected chi connectivity index (χ0v) is 8.93. The maximum atomic E-state index is 5.77. The third-order valence-corrected chi connectivity index (χ3v) is 2.82. The fraction of sp³-hybridized carbons (Fsp3) is 1.00. The Kier molecular flexibility index (Phi) is 4.16. The van der Waals surface area contributed by atoms with Crippen molar-refractivity contribution in [1.82, 2.24) is 5.32 Å². The normalized spacial score (nSPS) is 27.5. The van der Waals surface area contributed by atoms with E-state index >= 15 is 0 Å². The van der Waals surface area contributed by atoms with E-state index in [4.69, 9.17) is 9.47 Å². The Balaban J connectivity index is 2.48. The molecule has 0 aromatic rings. The molecule has 1 atom stereocenters. The molecule has 1 aliphatic heterocycles. The van der Waals surface area contributed by atoms with Gasteiger partial charge in [0.2, 0.25) is 0 Å². The van der Waals surface area contributed by atoms with Gasteiger partial charge in [0.05, 0.1) is 13.2 Å². The summed E-state index contributed by atoms with van der Waals surface area (Å²) in [5.41, 5.74) is -0.0958. The van der Waals surface area contributed by atoms with Crippen molar-refractivity contribution in [1.29, 1.82) is 0 Å². The van der Waals surface area contributed by atoms with Crippen molar-refractivity contribution in [3.05, 3.63) is 0 Å². The largest absolute Gasteiger partial charge is 0.383 e.